The first-order chi connectivity index (χ1) is 12.1. The van der Waals surface area contributed by atoms with Crippen LogP contribution in [0.1, 0.15) is 10.4 Å². The van der Waals surface area contributed by atoms with Crippen LogP contribution in [0, 0.1) is 3.57 Å². The molecule has 3 N–H and O–H groups in total. The van der Waals surface area contributed by atoms with E-state index < -0.39 is 15.9 Å². The van der Waals surface area contributed by atoms with Crippen LogP contribution in [0.5, 0.6) is 0 Å². The van der Waals surface area contributed by atoms with Crippen LogP contribution in [0.3, 0.4) is 0 Å². The van der Waals surface area contributed by atoms with Crippen molar-refractivity contribution < 1.29 is 4.79 Å². The molecule has 0 bridgehead atoms. The fraction of sp³-hybridized carbons (Fsp3) is 0.125. The van der Waals surface area contributed by atoms with Crippen molar-refractivity contribution in [2.24, 2.45) is 0 Å². The molecule has 1 amide bonds. The van der Waals surface area contributed by atoms with Crippen LogP contribution >= 0.6 is 85.5 Å². The molecule has 0 aliphatic carbocycles. The summed E-state index contributed by atoms with van der Waals surface area (Å²) in [4.78, 5) is 12.4. The topological polar surface area (TPSA) is 53.2 Å². The zero-order valence-corrected chi connectivity index (χ0v) is 19.7. The van der Waals surface area contributed by atoms with E-state index in [1.807, 2.05) is 36.4 Å². The highest BCUT2D eigenvalue weighted by Gasteiger charge is 2.34. The second-order valence-electron chi connectivity index (χ2n) is 5.06. The van der Waals surface area contributed by atoms with Gasteiger partial charge in [0.1, 0.15) is 6.17 Å². The van der Waals surface area contributed by atoms with Crippen molar-refractivity contribution in [3.05, 3.63) is 62.1 Å². The number of hydrogen-bond acceptors (Lipinski definition) is 2. The third kappa shape index (κ3) is 7.01. The number of hydrogen-bond donors (Lipinski definition) is 3. The van der Waals surface area contributed by atoms with E-state index in [1.54, 1.807) is 12.1 Å². The molecule has 2 rings (SSSR count). The average molecular weight is 608 g/mol. The van der Waals surface area contributed by atoms with Crippen LogP contribution in [0.15, 0.2) is 53.0 Å². The van der Waals surface area contributed by atoms with Gasteiger partial charge in [-0.1, -0.05) is 50.7 Å². The molecular weight excluding hydrogens is 595 g/mol. The summed E-state index contributed by atoms with van der Waals surface area (Å²) in [5.41, 5.74) is 1.19. The lowest BCUT2D eigenvalue weighted by Gasteiger charge is -2.27. The highest BCUT2D eigenvalue weighted by Crippen LogP contribution is 2.29. The van der Waals surface area contributed by atoms with Crippen molar-refractivity contribution in [3.63, 3.8) is 0 Å². The molecule has 0 aromatic heterocycles. The van der Waals surface area contributed by atoms with Crippen molar-refractivity contribution in [1.82, 2.24) is 10.6 Å². The molecule has 4 nitrogen and oxygen atoms in total. The predicted molar refractivity (Wildman–Crippen MR) is 124 cm³/mol. The first-order valence-electron chi connectivity index (χ1n) is 7.11. The molecule has 26 heavy (non-hydrogen) atoms. The van der Waals surface area contributed by atoms with Crippen LogP contribution in [0.25, 0.3) is 0 Å². The first kappa shape index (κ1) is 22.0. The summed E-state index contributed by atoms with van der Waals surface area (Å²) in [6.07, 6.45) is -1.03. The molecule has 0 spiro atoms. The molecule has 0 saturated carbocycles. The summed E-state index contributed by atoms with van der Waals surface area (Å²) in [5, 5.41) is 8.61. The van der Waals surface area contributed by atoms with E-state index in [1.165, 1.54) is 0 Å². The molecule has 0 fully saturated rings. The lowest BCUT2D eigenvalue weighted by Crippen LogP contribution is -2.56. The van der Waals surface area contributed by atoms with Gasteiger partial charge in [-0.15, -0.1) is 0 Å². The summed E-state index contributed by atoms with van der Waals surface area (Å²) in [7, 11) is 0. The molecule has 0 aliphatic heterocycles. The van der Waals surface area contributed by atoms with Gasteiger partial charge in [0.15, 0.2) is 5.11 Å². The van der Waals surface area contributed by atoms with Gasteiger partial charge in [0, 0.05) is 19.3 Å². The van der Waals surface area contributed by atoms with Gasteiger partial charge in [0.05, 0.1) is 0 Å². The van der Waals surface area contributed by atoms with Gasteiger partial charge < -0.3 is 16.0 Å². The van der Waals surface area contributed by atoms with Gasteiger partial charge in [0.25, 0.3) is 5.91 Å². The number of thiocarbonyl (C=S) groups is 1. The lowest BCUT2D eigenvalue weighted by atomic mass is 10.2. The summed E-state index contributed by atoms with van der Waals surface area (Å²) in [5.74, 6) is -0.392. The quantitative estimate of drug-likeness (QED) is 0.187. The average Bonchev–Trinajstić information content (AvgIpc) is 2.56. The maximum absolute atomic E-state index is 12.4. The molecule has 0 radical (unpaired) electrons. The minimum Gasteiger partial charge on any atom is -0.339 e. The van der Waals surface area contributed by atoms with E-state index in [4.69, 9.17) is 47.0 Å². The third-order valence-electron chi connectivity index (χ3n) is 3.09. The fourth-order valence-electron chi connectivity index (χ4n) is 1.85. The molecule has 2 aromatic carbocycles. The van der Waals surface area contributed by atoms with Crippen molar-refractivity contribution in [1.29, 1.82) is 0 Å². The number of halogens is 5. The van der Waals surface area contributed by atoms with E-state index in [9.17, 15) is 4.79 Å². The minimum atomic E-state index is -1.82. The Morgan fingerprint density at radius 1 is 1.04 bits per heavy atom. The maximum atomic E-state index is 12.4. The van der Waals surface area contributed by atoms with Crippen LogP contribution in [0.4, 0.5) is 5.69 Å². The van der Waals surface area contributed by atoms with Crippen LogP contribution in [-0.2, 0) is 0 Å². The number of carbonyl (C=O) groups excluding carboxylic acids is 1. The Labute approximate surface area is 193 Å². The first-order valence-corrected chi connectivity index (χ1v) is 10.5. The molecule has 2 aromatic rings. The van der Waals surface area contributed by atoms with Gasteiger partial charge >= 0.3 is 0 Å². The number of nitrogens with one attached hydrogen (secondary N) is 3. The maximum Gasteiger partial charge on any atom is 0.252 e. The molecule has 0 saturated heterocycles. The Hall–Kier alpha value is -0.320. The molecule has 10 heteroatoms. The Balaban J connectivity index is 2.04. The molecule has 0 heterocycles. The SMILES string of the molecule is O=C(N[C@@H](NC(=S)Nc1ccc(Br)cc1)C(Cl)(Cl)Cl)c1ccc(I)cc1. The zero-order valence-electron chi connectivity index (χ0n) is 12.9. The van der Waals surface area contributed by atoms with E-state index in [2.05, 4.69) is 54.5 Å². The smallest absolute Gasteiger partial charge is 0.252 e. The number of rotatable bonds is 4. The zero-order chi connectivity index (χ0) is 19.3. The van der Waals surface area contributed by atoms with Crippen LogP contribution in [-0.4, -0.2) is 21.0 Å². The third-order valence-corrected chi connectivity index (χ3v) is 5.21. The molecular formula is C16H12BrCl3IN3OS. The number of carbonyl (C=O) groups is 1. The van der Waals surface area contributed by atoms with Crippen molar-refractivity contribution in [3.8, 4) is 0 Å². The lowest BCUT2D eigenvalue weighted by molar-refractivity contribution is 0.0934. The second-order valence-corrected chi connectivity index (χ2v) is 10.00. The van der Waals surface area contributed by atoms with Crippen molar-refractivity contribution in [2.45, 2.75) is 9.96 Å². The number of benzene rings is 2. The summed E-state index contributed by atoms with van der Waals surface area (Å²) in [6, 6.07) is 14.4. The molecule has 138 valence electrons. The Bertz CT molecular complexity index is 785. The standard InChI is InChI=1S/C16H12BrCl3IN3OS/c17-10-3-7-12(8-4-10)22-15(26)24-14(16(18,19)20)23-13(25)9-1-5-11(21)6-2-9/h1-8,14H,(H,23,25)(H2,22,24,26)/t14-/m0/s1. The Kier molecular flexibility index (Phi) is 8.24. The van der Waals surface area contributed by atoms with Crippen LogP contribution < -0.4 is 16.0 Å². The summed E-state index contributed by atoms with van der Waals surface area (Å²) >= 11 is 28.7. The van der Waals surface area contributed by atoms with E-state index >= 15 is 0 Å². The number of alkyl halides is 3. The fourth-order valence-corrected chi connectivity index (χ4v) is 3.03. The van der Waals surface area contributed by atoms with Gasteiger partial charge in [-0.25, -0.2) is 0 Å². The normalized spacial score (nSPS) is 12.2. The highest BCUT2D eigenvalue weighted by molar-refractivity contribution is 14.1. The Morgan fingerprint density at radius 2 is 1.62 bits per heavy atom. The van der Waals surface area contributed by atoms with Gasteiger partial charge in [-0.2, -0.15) is 0 Å². The highest BCUT2D eigenvalue weighted by atomic mass is 127. The summed E-state index contributed by atoms with van der Waals surface area (Å²) < 4.78 is 0.130. The van der Waals surface area contributed by atoms with Crippen molar-refractivity contribution in [2.75, 3.05) is 5.32 Å². The van der Waals surface area contributed by atoms with E-state index in [0.29, 0.717) is 5.56 Å². The summed E-state index contributed by atoms with van der Waals surface area (Å²) in [6.45, 7) is 0. The van der Waals surface area contributed by atoms with Crippen molar-refractivity contribution >= 4 is 102 Å². The minimum absolute atomic E-state index is 0.201. The van der Waals surface area contributed by atoms with Crippen LogP contribution in [0.2, 0.25) is 0 Å². The molecule has 1 atom stereocenters. The van der Waals surface area contributed by atoms with Gasteiger partial charge in [-0.3, -0.25) is 4.79 Å². The molecule has 0 unspecified atom stereocenters. The number of anilines is 1. The van der Waals surface area contributed by atoms with E-state index in [0.717, 1.165) is 13.7 Å². The van der Waals surface area contributed by atoms with Gasteiger partial charge in [-0.05, 0) is 83.3 Å². The Morgan fingerprint density at radius 3 is 2.15 bits per heavy atom. The monoisotopic (exact) mass is 605 g/mol. The molecule has 0 aliphatic rings. The second kappa shape index (κ2) is 9.75. The van der Waals surface area contributed by atoms with E-state index in [-0.39, 0.29) is 5.11 Å². The largest absolute Gasteiger partial charge is 0.339 e. The predicted octanol–water partition coefficient (Wildman–Crippen LogP) is 5.47. The number of amides is 1. The van der Waals surface area contributed by atoms with Gasteiger partial charge in [0.2, 0.25) is 3.79 Å².